The predicted octanol–water partition coefficient (Wildman–Crippen LogP) is 3.66. The van der Waals surface area contributed by atoms with E-state index in [1.165, 1.54) is 16.7 Å². The molecule has 0 amide bonds. The Hall–Kier alpha value is -1.41. The number of ketones is 1. The Morgan fingerprint density at radius 2 is 1.80 bits per heavy atom. The van der Waals surface area contributed by atoms with Crippen molar-refractivity contribution in [3.05, 3.63) is 41.0 Å². The molecule has 2 aliphatic carbocycles. The number of aliphatic hydroxyl groups is 1. The predicted molar refractivity (Wildman–Crippen MR) is 80.3 cm³/mol. The molecule has 20 heavy (non-hydrogen) atoms. The standard InChI is InChI=1S/C18H22O2/c1-13-6-8-14(9-7-13)12-15-4-2-10-18(15)11-3-5-16(19)17(18)20/h6-9,12,17,20H,2-5,10-11H2,1H3/b15-12+/t17-,18+/m1/s1. The molecule has 0 bridgehead atoms. The fourth-order valence-corrected chi connectivity index (χ4v) is 3.84. The fourth-order valence-electron chi connectivity index (χ4n) is 3.84. The van der Waals surface area contributed by atoms with Crippen LogP contribution in [0.5, 0.6) is 0 Å². The molecule has 1 spiro atoms. The van der Waals surface area contributed by atoms with Crippen molar-refractivity contribution in [2.24, 2.45) is 5.41 Å². The number of aryl methyl sites for hydroxylation is 1. The van der Waals surface area contributed by atoms with E-state index in [-0.39, 0.29) is 11.2 Å². The van der Waals surface area contributed by atoms with Crippen LogP contribution in [0, 0.1) is 12.3 Å². The monoisotopic (exact) mass is 270 g/mol. The Labute approximate surface area is 120 Å². The lowest BCUT2D eigenvalue weighted by molar-refractivity contribution is -0.136. The molecule has 3 rings (SSSR count). The number of hydrogen-bond donors (Lipinski definition) is 1. The zero-order valence-corrected chi connectivity index (χ0v) is 12.1. The maximum absolute atomic E-state index is 11.9. The van der Waals surface area contributed by atoms with Crippen LogP contribution in [-0.2, 0) is 4.79 Å². The number of benzene rings is 1. The molecule has 0 heterocycles. The maximum atomic E-state index is 11.9. The lowest BCUT2D eigenvalue weighted by Crippen LogP contribution is -2.43. The lowest BCUT2D eigenvalue weighted by Gasteiger charge is -2.38. The molecule has 2 nitrogen and oxygen atoms in total. The van der Waals surface area contributed by atoms with Crippen molar-refractivity contribution in [2.45, 2.75) is 51.6 Å². The smallest absolute Gasteiger partial charge is 0.162 e. The van der Waals surface area contributed by atoms with Gasteiger partial charge in [0.25, 0.3) is 0 Å². The summed E-state index contributed by atoms with van der Waals surface area (Å²) in [6.07, 6.45) is 6.89. The summed E-state index contributed by atoms with van der Waals surface area (Å²) in [6, 6.07) is 8.45. The number of carbonyl (C=O) groups is 1. The highest BCUT2D eigenvalue weighted by atomic mass is 16.3. The summed E-state index contributed by atoms with van der Waals surface area (Å²) in [7, 11) is 0. The highest BCUT2D eigenvalue weighted by Crippen LogP contribution is 2.52. The molecule has 0 aromatic heterocycles. The van der Waals surface area contributed by atoms with Gasteiger partial charge in [-0.1, -0.05) is 41.5 Å². The van der Waals surface area contributed by atoms with Crippen LogP contribution in [0.15, 0.2) is 29.8 Å². The van der Waals surface area contributed by atoms with Crippen molar-refractivity contribution in [1.82, 2.24) is 0 Å². The second-order valence-corrected chi connectivity index (χ2v) is 6.31. The number of Topliss-reactive ketones (excluding diaryl/α,β-unsaturated/α-hetero) is 1. The number of carbonyl (C=O) groups excluding carboxylic acids is 1. The maximum Gasteiger partial charge on any atom is 0.162 e. The minimum Gasteiger partial charge on any atom is -0.384 e. The zero-order valence-electron chi connectivity index (χ0n) is 12.1. The molecule has 0 aliphatic heterocycles. The van der Waals surface area contributed by atoms with E-state index >= 15 is 0 Å². The molecule has 106 valence electrons. The van der Waals surface area contributed by atoms with Crippen LogP contribution >= 0.6 is 0 Å². The van der Waals surface area contributed by atoms with Gasteiger partial charge in [0.1, 0.15) is 6.10 Å². The lowest BCUT2D eigenvalue weighted by atomic mass is 9.67. The van der Waals surface area contributed by atoms with Crippen LogP contribution in [0.3, 0.4) is 0 Å². The van der Waals surface area contributed by atoms with Gasteiger partial charge in [0.15, 0.2) is 5.78 Å². The van der Waals surface area contributed by atoms with E-state index in [0.717, 1.165) is 32.1 Å². The Morgan fingerprint density at radius 1 is 1.15 bits per heavy atom. The summed E-state index contributed by atoms with van der Waals surface area (Å²) in [6.45, 7) is 2.08. The van der Waals surface area contributed by atoms with E-state index in [4.69, 9.17) is 0 Å². The van der Waals surface area contributed by atoms with Crippen molar-refractivity contribution in [3.63, 3.8) is 0 Å². The first-order valence-corrected chi connectivity index (χ1v) is 7.60. The second kappa shape index (κ2) is 5.17. The molecule has 2 fully saturated rings. The van der Waals surface area contributed by atoms with Gasteiger partial charge in [0, 0.05) is 11.8 Å². The van der Waals surface area contributed by atoms with Crippen molar-refractivity contribution >= 4 is 11.9 Å². The highest BCUT2D eigenvalue weighted by Gasteiger charge is 2.48. The first kappa shape index (κ1) is 13.6. The van der Waals surface area contributed by atoms with Gasteiger partial charge >= 0.3 is 0 Å². The third-order valence-electron chi connectivity index (χ3n) is 5.00. The van der Waals surface area contributed by atoms with Crippen molar-refractivity contribution in [2.75, 3.05) is 0 Å². The quantitative estimate of drug-likeness (QED) is 0.845. The third-order valence-corrected chi connectivity index (χ3v) is 5.00. The van der Waals surface area contributed by atoms with E-state index in [1.807, 2.05) is 0 Å². The van der Waals surface area contributed by atoms with Gasteiger partial charge in [-0.2, -0.15) is 0 Å². The summed E-state index contributed by atoms with van der Waals surface area (Å²) >= 11 is 0. The van der Waals surface area contributed by atoms with Crippen LogP contribution < -0.4 is 0 Å². The zero-order chi connectivity index (χ0) is 14.2. The van der Waals surface area contributed by atoms with Crippen molar-refractivity contribution in [3.8, 4) is 0 Å². The van der Waals surface area contributed by atoms with Gasteiger partial charge in [-0.05, 0) is 44.6 Å². The molecule has 1 aromatic carbocycles. The first-order valence-electron chi connectivity index (χ1n) is 7.60. The molecule has 2 saturated carbocycles. The van der Waals surface area contributed by atoms with Gasteiger partial charge < -0.3 is 5.11 Å². The van der Waals surface area contributed by atoms with Gasteiger partial charge in [0.2, 0.25) is 0 Å². The van der Waals surface area contributed by atoms with Crippen LogP contribution in [-0.4, -0.2) is 17.0 Å². The fraction of sp³-hybridized carbons (Fsp3) is 0.500. The normalized spacial score (nSPS) is 32.2. The molecule has 1 N–H and O–H groups in total. The summed E-state index contributed by atoms with van der Waals surface area (Å²) in [5, 5.41) is 10.4. The van der Waals surface area contributed by atoms with Crippen molar-refractivity contribution < 1.29 is 9.90 Å². The van der Waals surface area contributed by atoms with E-state index < -0.39 is 6.10 Å². The van der Waals surface area contributed by atoms with Crippen molar-refractivity contribution in [1.29, 1.82) is 0 Å². The molecule has 0 saturated heterocycles. The molecule has 2 aliphatic rings. The van der Waals surface area contributed by atoms with Crippen LogP contribution in [0.25, 0.3) is 6.08 Å². The topological polar surface area (TPSA) is 37.3 Å². The van der Waals surface area contributed by atoms with Gasteiger partial charge in [-0.3, -0.25) is 4.79 Å². The summed E-state index contributed by atoms with van der Waals surface area (Å²) in [5.41, 5.74) is 3.44. The first-order chi connectivity index (χ1) is 9.62. The van der Waals surface area contributed by atoms with E-state index in [1.54, 1.807) is 0 Å². The molecule has 2 atom stereocenters. The Bertz CT molecular complexity index is 541. The Kier molecular flexibility index (Phi) is 3.51. The molecular formula is C18H22O2. The molecular weight excluding hydrogens is 248 g/mol. The highest BCUT2D eigenvalue weighted by molar-refractivity contribution is 5.85. The van der Waals surface area contributed by atoms with E-state index in [2.05, 4.69) is 37.3 Å². The average molecular weight is 270 g/mol. The molecule has 2 heteroatoms. The van der Waals surface area contributed by atoms with Crippen LogP contribution in [0.4, 0.5) is 0 Å². The van der Waals surface area contributed by atoms with Crippen LogP contribution in [0.2, 0.25) is 0 Å². The molecule has 0 unspecified atom stereocenters. The van der Waals surface area contributed by atoms with Gasteiger partial charge in [-0.25, -0.2) is 0 Å². The van der Waals surface area contributed by atoms with Crippen LogP contribution in [0.1, 0.15) is 49.7 Å². The minimum atomic E-state index is -0.782. The molecule has 1 aromatic rings. The van der Waals surface area contributed by atoms with E-state index in [9.17, 15) is 9.90 Å². The summed E-state index contributed by atoms with van der Waals surface area (Å²) < 4.78 is 0. The number of rotatable bonds is 1. The number of hydrogen-bond acceptors (Lipinski definition) is 2. The molecule has 0 radical (unpaired) electrons. The minimum absolute atomic E-state index is 0.0351. The van der Waals surface area contributed by atoms with E-state index in [0.29, 0.717) is 6.42 Å². The number of aliphatic hydroxyl groups excluding tert-OH is 1. The largest absolute Gasteiger partial charge is 0.384 e. The second-order valence-electron chi connectivity index (χ2n) is 6.31. The Balaban J connectivity index is 1.95. The summed E-state index contributed by atoms with van der Waals surface area (Å²) in [4.78, 5) is 11.9. The SMILES string of the molecule is Cc1ccc(/C=C2\CCC[C@]23CCCC(=O)[C@H]3O)cc1. The third kappa shape index (κ3) is 2.22. The van der Waals surface area contributed by atoms with Gasteiger partial charge in [-0.15, -0.1) is 0 Å². The average Bonchev–Trinajstić information content (AvgIpc) is 2.82. The van der Waals surface area contributed by atoms with Gasteiger partial charge in [0.05, 0.1) is 0 Å². The summed E-state index contributed by atoms with van der Waals surface area (Å²) in [5.74, 6) is 0.0351. The Morgan fingerprint density at radius 3 is 2.50 bits per heavy atom.